The van der Waals surface area contributed by atoms with Crippen LogP contribution in [0.15, 0.2) is 55.4 Å². The minimum atomic E-state index is -0.757. The van der Waals surface area contributed by atoms with Gasteiger partial charge in [-0.25, -0.2) is 4.39 Å². The molecular formula is C31H23FN6O3. The van der Waals surface area contributed by atoms with E-state index in [2.05, 4.69) is 28.5 Å². The van der Waals surface area contributed by atoms with E-state index in [1.807, 2.05) is 4.90 Å². The summed E-state index contributed by atoms with van der Waals surface area (Å²) < 4.78 is 16.4. The second kappa shape index (κ2) is 9.61. The van der Waals surface area contributed by atoms with Gasteiger partial charge in [-0.1, -0.05) is 24.6 Å². The first-order valence-electron chi connectivity index (χ1n) is 12.8. The molecule has 0 spiro atoms. The monoisotopic (exact) mass is 546 g/mol. The van der Waals surface area contributed by atoms with Crippen LogP contribution in [0.3, 0.4) is 0 Å². The molecule has 41 heavy (non-hydrogen) atoms. The Morgan fingerprint density at radius 1 is 1.29 bits per heavy atom. The molecule has 10 heteroatoms. The average molecular weight is 547 g/mol. The van der Waals surface area contributed by atoms with Crippen LogP contribution < -0.4 is 9.80 Å². The first kappa shape index (κ1) is 25.8. The zero-order valence-corrected chi connectivity index (χ0v) is 22.0. The molecule has 202 valence electrons. The number of anilines is 2. The lowest BCUT2D eigenvalue weighted by atomic mass is 9.95. The second-order valence-corrected chi connectivity index (χ2v) is 9.99. The van der Waals surface area contributed by atoms with Crippen LogP contribution in [0.2, 0.25) is 0 Å². The lowest BCUT2D eigenvalue weighted by molar-refractivity contribution is -0.131. The minimum Gasteiger partial charge on any atom is -0.508 e. The van der Waals surface area contributed by atoms with E-state index in [0.29, 0.717) is 38.7 Å². The van der Waals surface area contributed by atoms with E-state index < -0.39 is 17.9 Å². The number of benzene rings is 2. The summed E-state index contributed by atoms with van der Waals surface area (Å²) in [6.45, 7) is 3.78. The van der Waals surface area contributed by atoms with Gasteiger partial charge in [0.25, 0.3) is 5.91 Å². The predicted molar refractivity (Wildman–Crippen MR) is 153 cm³/mol. The fourth-order valence-corrected chi connectivity index (χ4v) is 5.91. The third kappa shape index (κ3) is 3.84. The van der Waals surface area contributed by atoms with Crippen molar-refractivity contribution in [3.8, 4) is 35.4 Å². The molecule has 2 aromatic carbocycles. The van der Waals surface area contributed by atoms with Crippen LogP contribution in [0, 0.1) is 29.5 Å². The Labute approximate surface area is 234 Å². The number of hydrogen-bond donors (Lipinski definition) is 1. The summed E-state index contributed by atoms with van der Waals surface area (Å²) in [6.07, 6.45) is 9.88. The van der Waals surface area contributed by atoms with Gasteiger partial charge in [0.05, 0.1) is 42.6 Å². The Hall–Kier alpha value is -5.48. The van der Waals surface area contributed by atoms with Gasteiger partial charge in [0.15, 0.2) is 5.82 Å². The zero-order valence-electron chi connectivity index (χ0n) is 22.0. The molecule has 2 atom stereocenters. The summed E-state index contributed by atoms with van der Waals surface area (Å²) in [5.41, 5.74) is 1.84. The minimum absolute atomic E-state index is 0.0198. The number of carbonyl (C=O) groups excluding carboxylic acids is 2. The molecular weight excluding hydrogens is 523 g/mol. The number of aromatic hydroxyl groups is 1. The van der Waals surface area contributed by atoms with Gasteiger partial charge < -0.3 is 19.8 Å². The molecule has 0 radical (unpaired) electrons. The fraction of sp³-hybridized carbons (Fsp3) is 0.194. The first-order chi connectivity index (χ1) is 19.8. The number of nitriles is 1. The highest BCUT2D eigenvalue weighted by Gasteiger charge is 2.45. The van der Waals surface area contributed by atoms with Crippen molar-refractivity contribution in [2.45, 2.75) is 18.5 Å². The number of nitrogens with zero attached hydrogens (tertiary/aromatic N) is 6. The molecule has 4 heterocycles. The standard InChI is InChI=1S/C31H23FN6O3/c1-4-17-7-6-8-18-11-20(39)12-21(26(17)18)28-27(32)29-22(13-34-28)30-23(14-35-29)36(3)31(41)24-16-37(25(40)5-2)19(9-10-33)15-38(24)30/h1,5-8,11-14,19,24,39H,2,9,15-16H2,3H3. The molecule has 9 nitrogen and oxygen atoms in total. The quantitative estimate of drug-likeness (QED) is 0.308. The Balaban J connectivity index is 1.56. The summed E-state index contributed by atoms with van der Waals surface area (Å²) in [5, 5.41) is 21.4. The molecule has 2 aromatic heterocycles. The van der Waals surface area contributed by atoms with Gasteiger partial charge in [0.1, 0.15) is 23.0 Å². The summed E-state index contributed by atoms with van der Waals surface area (Å²) in [6, 6.07) is 9.09. The largest absolute Gasteiger partial charge is 0.508 e. The van der Waals surface area contributed by atoms with E-state index in [1.165, 1.54) is 34.3 Å². The van der Waals surface area contributed by atoms with Crippen molar-refractivity contribution in [1.82, 2.24) is 14.9 Å². The Kier molecular flexibility index (Phi) is 6.04. The number of rotatable bonds is 3. The highest BCUT2D eigenvalue weighted by molar-refractivity contribution is 6.12. The molecule has 1 fully saturated rings. The van der Waals surface area contributed by atoms with Gasteiger partial charge in [0.2, 0.25) is 5.91 Å². The molecule has 0 bridgehead atoms. The number of fused-ring (bicyclic) bond motifs is 6. The first-order valence-corrected chi connectivity index (χ1v) is 12.8. The Morgan fingerprint density at radius 2 is 2.10 bits per heavy atom. The number of terminal acetylenes is 1. The maximum absolute atomic E-state index is 16.4. The number of phenolic OH excluding ortho intramolecular Hbond substituents is 1. The zero-order chi connectivity index (χ0) is 29.0. The number of hydrogen-bond acceptors (Lipinski definition) is 7. The van der Waals surface area contributed by atoms with Gasteiger partial charge in [-0.15, -0.1) is 6.42 Å². The molecule has 2 aliphatic heterocycles. The molecule has 1 N–H and O–H groups in total. The lowest BCUT2D eigenvalue weighted by Gasteiger charge is -2.50. The Morgan fingerprint density at radius 3 is 2.83 bits per heavy atom. The van der Waals surface area contributed by atoms with Crippen molar-refractivity contribution >= 4 is 44.9 Å². The highest BCUT2D eigenvalue weighted by Crippen LogP contribution is 2.44. The second-order valence-electron chi connectivity index (χ2n) is 9.99. The van der Waals surface area contributed by atoms with E-state index in [4.69, 9.17) is 6.42 Å². The molecule has 4 aromatic rings. The number of carbonyl (C=O) groups is 2. The van der Waals surface area contributed by atoms with E-state index in [0.717, 1.165) is 0 Å². The van der Waals surface area contributed by atoms with Crippen LogP contribution in [0.4, 0.5) is 15.8 Å². The summed E-state index contributed by atoms with van der Waals surface area (Å²) in [7, 11) is 1.60. The van der Waals surface area contributed by atoms with Gasteiger partial charge in [-0.2, -0.15) is 5.26 Å². The predicted octanol–water partition coefficient (Wildman–Crippen LogP) is 3.74. The topological polar surface area (TPSA) is 114 Å². The normalized spacial score (nSPS) is 18.0. The van der Waals surface area contributed by atoms with Crippen molar-refractivity contribution in [2.24, 2.45) is 0 Å². The summed E-state index contributed by atoms with van der Waals surface area (Å²) >= 11 is 0. The molecule has 6 rings (SSSR count). The number of likely N-dealkylation sites (N-methyl/N-ethyl adjacent to an activating group) is 1. The Bertz CT molecular complexity index is 1890. The number of pyridine rings is 2. The van der Waals surface area contributed by atoms with Crippen molar-refractivity contribution < 1.29 is 19.1 Å². The molecule has 2 aliphatic rings. The van der Waals surface area contributed by atoms with Crippen molar-refractivity contribution in [3.05, 3.63) is 66.8 Å². The molecule has 1 saturated heterocycles. The van der Waals surface area contributed by atoms with Gasteiger partial charge >= 0.3 is 0 Å². The van der Waals surface area contributed by atoms with Gasteiger partial charge in [0, 0.05) is 41.7 Å². The molecule has 2 unspecified atom stereocenters. The van der Waals surface area contributed by atoms with E-state index in [9.17, 15) is 20.0 Å². The highest BCUT2D eigenvalue weighted by atomic mass is 19.1. The SMILES string of the molecule is C#Cc1cccc2cc(O)cc(-c3ncc4c5c(cnc4c3F)N(C)C(=O)C3CN(C(=O)C=C)C(CC#N)CN53)c12. The van der Waals surface area contributed by atoms with Crippen molar-refractivity contribution in [3.63, 3.8) is 0 Å². The maximum Gasteiger partial charge on any atom is 0.251 e. The fourth-order valence-electron chi connectivity index (χ4n) is 5.91. The van der Waals surface area contributed by atoms with E-state index in [-0.39, 0.29) is 48.3 Å². The van der Waals surface area contributed by atoms with E-state index in [1.54, 1.807) is 31.3 Å². The smallest absolute Gasteiger partial charge is 0.251 e. The summed E-state index contributed by atoms with van der Waals surface area (Å²) in [4.78, 5) is 39.6. The molecule has 2 amide bonds. The third-order valence-electron chi connectivity index (χ3n) is 7.82. The number of piperazine rings is 1. The number of aromatic nitrogens is 2. The average Bonchev–Trinajstić information content (AvgIpc) is 2.98. The number of halogens is 1. The summed E-state index contributed by atoms with van der Waals surface area (Å²) in [5.74, 6) is 1.21. The third-order valence-corrected chi connectivity index (χ3v) is 7.82. The van der Waals surface area contributed by atoms with Crippen LogP contribution in [0.25, 0.3) is 32.9 Å². The van der Waals surface area contributed by atoms with Crippen LogP contribution in [0.5, 0.6) is 5.75 Å². The number of amides is 2. The van der Waals surface area contributed by atoms with Crippen molar-refractivity contribution in [1.29, 1.82) is 5.26 Å². The van der Waals surface area contributed by atoms with Crippen LogP contribution >= 0.6 is 0 Å². The molecule has 0 saturated carbocycles. The van der Waals surface area contributed by atoms with Gasteiger partial charge in [-0.3, -0.25) is 19.6 Å². The van der Waals surface area contributed by atoms with Crippen LogP contribution in [0.1, 0.15) is 12.0 Å². The van der Waals surface area contributed by atoms with E-state index >= 15 is 4.39 Å². The van der Waals surface area contributed by atoms with Crippen LogP contribution in [-0.2, 0) is 9.59 Å². The lowest BCUT2D eigenvalue weighted by Crippen LogP contribution is -2.66. The molecule has 0 aliphatic carbocycles. The van der Waals surface area contributed by atoms with Crippen molar-refractivity contribution in [2.75, 3.05) is 29.9 Å². The van der Waals surface area contributed by atoms with Crippen LogP contribution in [-0.4, -0.2) is 64.0 Å². The maximum atomic E-state index is 16.4. The van der Waals surface area contributed by atoms with Gasteiger partial charge in [-0.05, 0) is 29.7 Å². The number of phenols is 1.